The lowest BCUT2D eigenvalue weighted by Gasteiger charge is -2.09. The molecule has 0 atom stereocenters. The number of pyridine rings is 1. The van der Waals surface area contributed by atoms with Crippen molar-refractivity contribution in [1.82, 2.24) is 9.38 Å². The summed E-state index contributed by atoms with van der Waals surface area (Å²) in [6, 6.07) is 17.5. The van der Waals surface area contributed by atoms with Gasteiger partial charge < -0.3 is 4.74 Å². The third kappa shape index (κ3) is 1.50. The molecule has 0 radical (unpaired) electrons. The summed E-state index contributed by atoms with van der Waals surface area (Å²) >= 11 is 0. The van der Waals surface area contributed by atoms with Crippen molar-refractivity contribution < 1.29 is 4.74 Å². The molecule has 110 valence electrons. The van der Waals surface area contributed by atoms with Crippen molar-refractivity contribution in [1.29, 1.82) is 0 Å². The molecular weight excluding hydrogens is 288 g/mol. The van der Waals surface area contributed by atoms with Crippen LogP contribution in [0.1, 0.15) is 0 Å². The van der Waals surface area contributed by atoms with Crippen LogP contribution in [0.2, 0.25) is 0 Å². The van der Waals surface area contributed by atoms with Crippen LogP contribution < -0.4 is 10.3 Å². The number of ether oxygens (including phenoxy) is 1. The molecule has 0 spiro atoms. The minimum atomic E-state index is -0.0590. The predicted octanol–water partition coefficient (Wildman–Crippen LogP) is 3.60. The van der Waals surface area contributed by atoms with E-state index in [-0.39, 0.29) is 5.56 Å². The number of rotatable bonds is 1. The van der Waals surface area contributed by atoms with Crippen LogP contribution in [0.25, 0.3) is 38.2 Å². The molecule has 0 saturated heterocycles. The average Bonchev–Trinajstić information content (AvgIpc) is 2.98. The topological polar surface area (TPSA) is 43.6 Å². The van der Waals surface area contributed by atoms with Crippen molar-refractivity contribution >= 4 is 38.2 Å². The maximum atomic E-state index is 13.1. The number of fused-ring (bicyclic) bond motifs is 4. The summed E-state index contributed by atoms with van der Waals surface area (Å²) in [6.07, 6.45) is 0. The molecule has 0 aliphatic rings. The maximum Gasteiger partial charge on any atom is 0.264 e. The number of nitrogens with zero attached hydrogens (tertiary/aromatic N) is 2. The Labute approximate surface area is 130 Å². The molecule has 2 heterocycles. The van der Waals surface area contributed by atoms with Crippen LogP contribution in [0.15, 0.2) is 59.4 Å². The zero-order valence-corrected chi connectivity index (χ0v) is 12.4. The van der Waals surface area contributed by atoms with E-state index >= 15 is 0 Å². The first kappa shape index (κ1) is 12.4. The van der Waals surface area contributed by atoms with Gasteiger partial charge in [-0.05, 0) is 29.7 Å². The van der Waals surface area contributed by atoms with Crippen LogP contribution in [-0.4, -0.2) is 16.5 Å². The Morgan fingerprint density at radius 1 is 1.00 bits per heavy atom. The highest BCUT2D eigenvalue weighted by molar-refractivity contribution is 6.15. The van der Waals surface area contributed by atoms with E-state index < -0.39 is 0 Å². The highest BCUT2D eigenvalue weighted by Crippen LogP contribution is 2.32. The standard InChI is InChI=1S/C19H12N2O2/c1-23-12-9-11-5-4-6-13-17(11)14(10-12)19(22)21-16-8-3-2-7-15(16)20-18(13)21/h2-10H,1H3. The normalized spacial score (nSPS) is 11.9. The molecule has 23 heavy (non-hydrogen) atoms. The molecule has 4 heteroatoms. The Morgan fingerprint density at radius 3 is 2.74 bits per heavy atom. The van der Waals surface area contributed by atoms with Crippen LogP contribution in [-0.2, 0) is 0 Å². The maximum absolute atomic E-state index is 13.1. The van der Waals surface area contributed by atoms with E-state index in [9.17, 15) is 4.79 Å². The van der Waals surface area contributed by atoms with Gasteiger partial charge in [-0.25, -0.2) is 4.98 Å². The van der Waals surface area contributed by atoms with Gasteiger partial charge in [-0.2, -0.15) is 0 Å². The van der Waals surface area contributed by atoms with Crippen molar-refractivity contribution in [2.24, 2.45) is 0 Å². The fraction of sp³-hybridized carbons (Fsp3) is 0.0526. The first-order chi connectivity index (χ1) is 11.3. The second-order valence-electron chi connectivity index (χ2n) is 5.64. The van der Waals surface area contributed by atoms with Gasteiger partial charge in [-0.15, -0.1) is 0 Å². The van der Waals surface area contributed by atoms with Crippen molar-refractivity contribution in [3.63, 3.8) is 0 Å². The quantitative estimate of drug-likeness (QED) is 0.475. The summed E-state index contributed by atoms with van der Waals surface area (Å²) in [5.41, 5.74) is 2.31. The molecule has 0 bridgehead atoms. The summed E-state index contributed by atoms with van der Waals surface area (Å²) in [5, 5.41) is 3.58. The minimum absolute atomic E-state index is 0.0590. The van der Waals surface area contributed by atoms with Crippen molar-refractivity contribution in [3.8, 4) is 5.75 Å². The highest BCUT2D eigenvalue weighted by Gasteiger charge is 2.16. The summed E-state index contributed by atoms with van der Waals surface area (Å²) < 4.78 is 7.06. The number of hydrogen-bond donors (Lipinski definition) is 0. The number of imidazole rings is 1. The number of para-hydroxylation sites is 2. The van der Waals surface area contributed by atoms with Gasteiger partial charge in [0.2, 0.25) is 0 Å². The molecule has 0 unspecified atom stereocenters. The molecule has 0 fully saturated rings. The van der Waals surface area contributed by atoms with Crippen LogP contribution in [0, 0.1) is 0 Å². The molecule has 0 amide bonds. The van der Waals surface area contributed by atoms with Crippen LogP contribution >= 0.6 is 0 Å². The van der Waals surface area contributed by atoms with Gasteiger partial charge in [0.15, 0.2) is 0 Å². The number of methoxy groups -OCH3 is 1. The van der Waals surface area contributed by atoms with E-state index in [1.807, 2.05) is 54.6 Å². The van der Waals surface area contributed by atoms with E-state index in [0.29, 0.717) is 16.8 Å². The van der Waals surface area contributed by atoms with Gasteiger partial charge in [-0.3, -0.25) is 9.20 Å². The third-order valence-corrected chi connectivity index (χ3v) is 4.42. The third-order valence-electron chi connectivity index (χ3n) is 4.42. The molecule has 4 nitrogen and oxygen atoms in total. The minimum Gasteiger partial charge on any atom is -0.497 e. The van der Waals surface area contributed by atoms with Crippen molar-refractivity contribution in [2.45, 2.75) is 0 Å². The van der Waals surface area contributed by atoms with Crippen molar-refractivity contribution in [2.75, 3.05) is 7.11 Å². The van der Waals surface area contributed by atoms with Gasteiger partial charge >= 0.3 is 0 Å². The lowest BCUT2D eigenvalue weighted by molar-refractivity contribution is 0.416. The summed E-state index contributed by atoms with van der Waals surface area (Å²) in [7, 11) is 1.61. The molecule has 0 saturated carbocycles. The highest BCUT2D eigenvalue weighted by atomic mass is 16.5. The molecule has 0 N–H and O–H groups in total. The Hall–Kier alpha value is -3.14. The van der Waals surface area contributed by atoms with Gasteiger partial charge in [0.05, 0.1) is 23.5 Å². The van der Waals surface area contributed by atoms with E-state index in [1.165, 1.54) is 0 Å². The molecule has 5 aromatic rings. The van der Waals surface area contributed by atoms with Crippen LogP contribution in [0.5, 0.6) is 5.75 Å². The van der Waals surface area contributed by atoms with Gasteiger partial charge in [0.25, 0.3) is 5.56 Å². The Bertz CT molecular complexity index is 1270. The van der Waals surface area contributed by atoms with Gasteiger partial charge in [0.1, 0.15) is 11.4 Å². The summed E-state index contributed by atoms with van der Waals surface area (Å²) in [6.45, 7) is 0. The molecular formula is C19H12N2O2. The SMILES string of the molecule is COc1cc2cccc3c2c(c1)c(=O)n1c2ccccc2nc31. The zero-order chi connectivity index (χ0) is 15.6. The molecule has 0 aliphatic carbocycles. The fourth-order valence-corrected chi connectivity index (χ4v) is 3.41. The lowest BCUT2D eigenvalue weighted by Crippen LogP contribution is -2.13. The lowest BCUT2D eigenvalue weighted by atomic mass is 10.0. The largest absolute Gasteiger partial charge is 0.497 e. The molecule has 2 aromatic heterocycles. The molecule has 0 aliphatic heterocycles. The molecule has 3 aromatic carbocycles. The number of benzene rings is 3. The van der Waals surface area contributed by atoms with Crippen LogP contribution in [0.3, 0.4) is 0 Å². The first-order valence-corrected chi connectivity index (χ1v) is 7.41. The first-order valence-electron chi connectivity index (χ1n) is 7.41. The second kappa shape index (κ2) is 4.20. The second-order valence-corrected chi connectivity index (χ2v) is 5.64. The zero-order valence-electron chi connectivity index (χ0n) is 12.4. The summed E-state index contributed by atoms with van der Waals surface area (Å²) in [4.78, 5) is 17.8. The number of aromatic nitrogens is 2. The smallest absolute Gasteiger partial charge is 0.264 e. The van der Waals surface area contributed by atoms with Crippen molar-refractivity contribution in [3.05, 3.63) is 65.0 Å². The van der Waals surface area contributed by atoms with Gasteiger partial charge in [-0.1, -0.05) is 30.3 Å². The van der Waals surface area contributed by atoms with E-state index in [2.05, 4.69) is 4.98 Å². The van der Waals surface area contributed by atoms with E-state index in [4.69, 9.17) is 4.74 Å². The average molecular weight is 300 g/mol. The Kier molecular flexibility index (Phi) is 2.26. The van der Waals surface area contributed by atoms with Gasteiger partial charge in [0, 0.05) is 10.8 Å². The Morgan fingerprint density at radius 2 is 1.87 bits per heavy atom. The predicted molar refractivity (Wildman–Crippen MR) is 91.7 cm³/mol. The number of hydrogen-bond acceptors (Lipinski definition) is 3. The van der Waals surface area contributed by atoms with E-state index in [0.717, 1.165) is 27.2 Å². The van der Waals surface area contributed by atoms with Crippen LogP contribution in [0.4, 0.5) is 0 Å². The fourth-order valence-electron chi connectivity index (χ4n) is 3.41. The van der Waals surface area contributed by atoms with E-state index in [1.54, 1.807) is 11.5 Å². The molecule has 5 rings (SSSR count). The summed E-state index contributed by atoms with van der Waals surface area (Å²) in [5.74, 6) is 0.686. The monoisotopic (exact) mass is 300 g/mol. The Balaban J connectivity index is 2.19.